The number of rotatable bonds is 3. The van der Waals surface area contributed by atoms with Gasteiger partial charge in [0.15, 0.2) is 5.71 Å². The monoisotopic (exact) mass is 380 g/mol. The van der Waals surface area contributed by atoms with Crippen molar-refractivity contribution >= 4 is 34.1 Å². The Labute approximate surface area is 143 Å². The third-order valence-corrected chi connectivity index (χ3v) is 5.01. The molecular weight excluding hydrogens is 367 g/mol. The predicted octanol–water partition coefficient (Wildman–Crippen LogP) is 4.23. The van der Waals surface area contributed by atoms with Gasteiger partial charge in [-0.15, -0.1) is 11.3 Å². The van der Waals surface area contributed by atoms with Gasteiger partial charge >= 0.3 is 18.1 Å². The molecule has 1 aromatic heterocycles. The largest absolute Gasteiger partial charge is 0.459 e. The fourth-order valence-electron chi connectivity index (χ4n) is 2.62. The second-order valence-electron chi connectivity index (χ2n) is 5.67. The zero-order chi connectivity index (χ0) is 18.2. The topological polar surface area (TPSA) is 41.9 Å². The SMILES string of the molecule is O=C1ON=C(C(F)(F)C(F)(F)F)/C1=C\c1ccc(N2CCCCC2)s1. The number of hydrogen-bond acceptors (Lipinski definition) is 5. The van der Waals surface area contributed by atoms with E-state index in [1.807, 2.05) is 0 Å². The van der Waals surface area contributed by atoms with Gasteiger partial charge in [-0.25, -0.2) is 4.79 Å². The van der Waals surface area contributed by atoms with Gasteiger partial charge in [0.1, 0.15) is 0 Å². The molecule has 0 spiro atoms. The van der Waals surface area contributed by atoms with Gasteiger partial charge in [-0.3, -0.25) is 0 Å². The summed E-state index contributed by atoms with van der Waals surface area (Å²) in [6, 6.07) is 3.32. The summed E-state index contributed by atoms with van der Waals surface area (Å²) in [5.74, 6) is -6.59. The zero-order valence-corrected chi connectivity index (χ0v) is 13.6. The van der Waals surface area contributed by atoms with Gasteiger partial charge < -0.3 is 9.74 Å². The van der Waals surface area contributed by atoms with Gasteiger partial charge in [0.25, 0.3) is 0 Å². The molecule has 1 aromatic rings. The molecule has 3 heterocycles. The van der Waals surface area contributed by atoms with Gasteiger partial charge in [-0.2, -0.15) is 22.0 Å². The van der Waals surface area contributed by atoms with Crippen LogP contribution in [0.5, 0.6) is 0 Å². The molecule has 0 radical (unpaired) electrons. The minimum Gasteiger partial charge on any atom is -0.363 e. The maximum atomic E-state index is 13.5. The van der Waals surface area contributed by atoms with E-state index in [1.165, 1.54) is 11.3 Å². The fourth-order valence-corrected chi connectivity index (χ4v) is 3.62. The van der Waals surface area contributed by atoms with Crippen LogP contribution in [0.2, 0.25) is 0 Å². The molecule has 0 amide bonds. The Balaban J connectivity index is 1.88. The van der Waals surface area contributed by atoms with E-state index < -0.39 is 29.4 Å². The Morgan fingerprint density at radius 1 is 1.12 bits per heavy atom. The number of hydrogen-bond donors (Lipinski definition) is 0. The molecule has 0 atom stereocenters. The van der Waals surface area contributed by atoms with E-state index in [0.29, 0.717) is 4.88 Å². The Morgan fingerprint density at radius 3 is 2.44 bits per heavy atom. The summed E-state index contributed by atoms with van der Waals surface area (Å²) < 4.78 is 64.7. The van der Waals surface area contributed by atoms with Crippen molar-refractivity contribution in [2.75, 3.05) is 18.0 Å². The highest BCUT2D eigenvalue weighted by molar-refractivity contribution is 7.17. The third kappa shape index (κ3) is 3.39. The van der Waals surface area contributed by atoms with Gasteiger partial charge in [-0.05, 0) is 37.5 Å². The van der Waals surface area contributed by atoms with E-state index in [-0.39, 0.29) is 0 Å². The quantitative estimate of drug-likeness (QED) is 0.448. The summed E-state index contributed by atoms with van der Waals surface area (Å²) in [6.07, 6.45) is -1.69. The average Bonchev–Trinajstić information content (AvgIpc) is 3.16. The molecule has 0 unspecified atom stereocenters. The van der Waals surface area contributed by atoms with Crippen LogP contribution in [0.1, 0.15) is 24.1 Å². The van der Waals surface area contributed by atoms with Crippen molar-refractivity contribution in [3.05, 3.63) is 22.6 Å². The first-order valence-electron chi connectivity index (χ1n) is 7.51. The van der Waals surface area contributed by atoms with Crippen LogP contribution >= 0.6 is 11.3 Å². The van der Waals surface area contributed by atoms with E-state index >= 15 is 0 Å². The number of thiophene rings is 1. The van der Waals surface area contributed by atoms with Crippen LogP contribution in [0.4, 0.5) is 27.0 Å². The second kappa shape index (κ2) is 6.40. The molecule has 4 nitrogen and oxygen atoms in total. The van der Waals surface area contributed by atoms with Crippen LogP contribution in [-0.2, 0) is 9.63 Å². The summed E-state index contributed by atoms with van der Waals surface area (Å²) in [5.41, 5.74) is -2.59. The molecule has 10 heteroatoms. The van der Waals surface area contributed by atoms with E-state index in [9.17, 15) is 26.7 Å². The number of alkyl halides is 5. The maximum absolute atomic E-state index is 13.5. The highest BCUT2D eigenvalue weighted by atomic mass is 32.1. The van der Waals surface area contributed by atoms with E-state index in [0.717, 1.165) is 43.4 Å². The predicted molar refractivity (Wildman–Crippen MR) is 82.9 cm³/mol. The Bertz CT molecular complexity index is 733. The first-order valence-corrected chi connectivity index (χ1v) is 8.33. The van der Waals surface area contributed by atoms with Crippen molar-refractivity contribution in [3.8, 4) is 0 Å². The normalized spacial score (nSPS) is 20.8. The number of carbonyl (C=O) groups excluding carboxylic acids is 1. The van der Waals surface area contributed by atoms with Crippen molar-refractivity contribution in [1.82, 2.24) is 0 Å². The Morgan fingerprint density at radius 2 is 1.80 bits per heavy atom. The second-order valence-corrected chi connectivity index (χ2v) is 6.77. The van der Waals surface area contributed by atoms with E-state index in [1.54, 1.807) is 12.1 Å². The lowest BCUT2D eigenvalue weighted by Crippen LogP contribution is -2.44. The molecule has 2 aliphatic heterocycles. The molecule has 0 bridgehead atoms. The van der Waals surface area contributed by atoms with Crippen molar-refractivity contribution in [2.45, 2.75) is 31.4 Å². The van der Waals surface area contributed by atoms with Crippen LogP contribution in [0.15, 0.2) is 22.9 Å². The number of nitrogens with zero attached hydrogens (tertiary/aromatic N) is 2. The highest BCUT2D eigenvalue weighted by Gasteiger charge is 2.64. The van der Waals surface area contributed by atoms with Crippen LogP contribution in [0, 0.1) is 0 Å². The number of anilines is 1. The van der Waals surface area contributed by atoms with Crippen molar-refractivity contribution in [1.29, 1.82) is 0 Å². The molecule has 1 saturated heterocycles. The Kier molecular flexibility index (Phi) is 4.56. The lowest BCUT2D eigenvalue weighted by molar-refractivity contribution is -0.249. The summed E-state index contributed by atoms with van der Waals surface area (Å²) in [6.45, 7) is 1.72. The molecule has 0 N–H and O–H groups in total. The number of oxime groups is 1. The summed E-state index contributed by atoms with van der Waals surface area (Å²) in [7, 11) is 0. The van der Waals surface area contributed by atoms with E-state index in [2.05, 4.69) is 14.9 Å². The van der Waals surface area contributed by atoms with Gasteiger partial charge in [0, 0.05) is 18.0 Å². The van der Waals surface area contributed by atoms with Crippen LogP contribution < -0.4 is 4.90 Å². The lowest BCUT2D eigenvalue weighted by atomic mass is 10.0. The van der Waals surface area contributed by atoms with Crippen LogP contribution in [0.25, 0.3) is 6.08 Å². The highest BCUT2D eigenvalue weighted by Crippen LogP contribution is 2.41. The van der Waals surface area contributed by atoms with Crippen molar-refractivity contribution < 1.29 is 31.6 Å². The van der Waals surface area contributed by atoms with Gasteiger partial charge in [0.05, 0.1) is 10.6 Å². The first kappa shape index (κ1) is 17.8. The number of halogens is 5. The fraction of sp³-hybridized carbons (Fsp3) is 0.467. The van der Waals surface area contributed by atoms with Crippen LogP contribution in [-0.4, -0.2) is 36.9 Å². The molecule has 2 aliphatic rings. The molecule has 0 saturated carbocycles. The lowest BCUT2D eigenvalue weighted by Gasteiger charge is -2.27. The standard InChI is InChI=1S/C15H13F5N2O2S/c16-14(17,15(18,19)20)12-10(13(23)24-21-12)8-9-4-5-11(25-9)22-6-2-1-3-7-22/h4-5,8H,1-3,6-7H2/b10-8+. The first-order chi connectivity index (χ1) is 11.7. The summed E-state index contributed by atoms with van der Waals surface area (Å²) in [5, 5.41) is 3.53. The molecule has 1 fully saturated rings. The summed E-state index contributed by atoms with van der Waals surface area (Å²) in [4.78, 5) is 18.1. The third-order valence-electron chi connectivity index (χ3n) is 3.92. The number of piperidine rings is 1. The van der Waals surface area contributed by atoms with E-state index in [4.69, 9.17) is 0 Å². The summed E-state index contributed by atoms with van der Waals surface area (Å²) >= 11 is 1.21. The molecular formula is C15H13F5N2O2S. The average molecular weight is 380 g/mol. The van der Waals surface area contributed by atoms with Gasteiger partial charge in [-0.1, -0.05) is 5.16 Å². The minimum atomic E-state index is -5.87. The molecule has 0 aromatic carbocycles. The number of carbonyl (C=O) groups is 1. The van der Waals surface area contributed by atoms with Gasteiger partial charge in [0.2, 0.25) is 0 Å². The van der Waals surface area contributed by atoms with Crippen molar-refractivity contribution in [3.63, 3.8) is 0 Å². The Hall–Kier alpha value is -1.97. The smallest absolute Gasteiger partial charge is 0.363 e. The molecule has 25 heavy (non-hydrogen) atoms. The van der Waals surface area contributed by atoms with Crippen LogP contribution in [0.3, 0.4) is 0 Å². The zero-order valence-electron chi connectivity index (χ0n) is 12.8. The van der Waals surface area contributed by atoms with Crippen molar-refractivity contribution in [2.24, 2.45) is 5.16 Å². The molecule has 136 valence electrons. The minimum absolute atomic E-state index is 0.375. The molecule has 0 aliphatic carbocycles. The maximum Gasteiger partial charge on any atom is 0.459 e. The molecule has 3 rings (SSSR count).